The van der Waals surface area contributed by atoms with Gasteiger partial charge in [0, 0.05) is 12.8 Å². The minimum Gasteiger partial charge on any atom is -0.466 e. The van der Waals surface area contributed by atoms with Gasteiger partial charge in [-0.3, -0.25) is 9.59 Å². The van der Waals surface area contributed by atoms with Crippen molar-refractivity contribution in [3.05, 3.63) is 11.6 Å². The molecule has 4 heteroatoms. The zero-order chi connectivity index (χ0) is 16.2. The number of hydrogen-bond acceptors (Lipinski definition) is 4. The number of carbonyl (C=O) groups is 2. The molecule has 0 saturated heterocycles. The van der Waals surface area contributed by atoms with Crippen LogP contribution in [0, 0.1) is 5.92 Å². The summed E-state index contributed by atoms with van der Waals surface area (Å²) in [7, 11) is 0. The first-order valence-corrected chi connectivity index (χ1v) is 8.52. The lowest BCUT2D eigenvalue weighted by Crippen LogP contribution is -2.13. The monoisotopic (exact) mass is 310 g/mol. The summed E-state index contributed by atoms with van der Waals surface area (Å²) in [5.74, 6) is 0.270. The van der Waals surface area contributed by atoms with Crippen LogP contribution in [0.3, 0.4) is 0 Å². The van der Waals surface area contributed by atoms with E-state index in [4.69, 9.17) is 9.47 Å². The molecule has 1 aliphatic rings. The fraction of sp³-hybridized carbons (Fsp3) is 0.778. The van der Waals surface area contributed by atoms with Crippen molar-refractivity contribution in [1.82, 2.24) is 0 Å². The molecule has 4 nitrogen and oxygen atoms in total. The van der Waals surface area contributed by atoms with Crippen LogP contribution in [0.5, 0.6) is 0 Å². The Bertz CT molecular complexity index is 363. The summed E-state index contributed by atoms with van der Waals surface area (Å²) in [4.78, 5) is 23.0. The normalized spacial score (nSPS) is 15.2. The summed E-state index contributed by atoms with van der Waals surface area (Å²) in [5.41, 5.74) is 1.12. The largest absolute Gasteiger partial charge is 0.466 e. The number of allylic oxidation sites excluding steroid dienone is 1. The number of esters is 2. The van der Waals surface area contributed by atoms with E-state index < -0.39 is 0 Å². The Hall–Kier alpha value is -1.32. The summed E-state index contributed by atoms with van der Waals surface area (Å²) in [5, 5.41) is 0. The van der Waals surface area contributed by atoms with Crippen molar-refractivity contribution in [1.29, 1.82) is 0 Å². The van der Waals surface area contributed by atoms with Crippen LogP contribution in [0.15, 0.2) is 11.6 Å². The predicted molar refractivity (Wildman–Crippen MR) is 86.4 cm³/mol. The minimum atomic E-state index is -0.257. The van der Waals surface area contributed by atoms with E-state index in [1.807, 2.05) is 19.9 Å². The molecule has 1 saturated carbocycles. The molecule has 0 N–H and O–H groups in total. The van der Waals surface area contributed by atoms with E-state index in [1.54, 1.807) is 0 Å². The van der Waals surface area contributed by atoms with Gasteiger partial charge < -0.3 is 9.47 Å². The van der Waals surface area contributed by atoms with Crippen LogP contribution in [0.25, 0.3) is 0 Å². The molecule has 1 aliphatic carbocycles. The van der Waals surface area contributed by atoms with Crippen molar-refractivity contribution in [3.8, 4) is 0 Å². The molecule has 0 amide bonds. The maximum atomic E-state index is 11.6. The third-order valence-electron chi connectivity index (χ3n) is 4.01. The van der Waals surface area contributed by atoms with Gasteiger partial charge >= 0.3 is 11.9 Å². The summed E-state index contributed by atoms with van der Waals surface area (Å²) < 4.78 is 10.3. The summed E-state index contributed by atoms with van der Waals surface area (Å²) >= 11 is 0. The Morgan fingerprint density at radius 2 is 1.64 bits per heavy atom. The molecular weight excluding hydrogens is 280 g/mol. The molecule has 0 bridgehead atoms. The standard InChI is InChI=1S/C18H30O4/c1-15(2)11-13-21-17(19)9-6-10-18(20)22-14-12-16-7-4-3-5-8-16/h11,16H,3-10,12-14H2,1-2H3. The second-order valence-corrected chi connectivity index (χ2v) is 6.33. The molecule has 1 fully saturated rings. The van der Waals surface area contributed by atoms with Gasteiger partial charge in [0.15, 0.2) is 0 Å². The van der Waals surface area contributed by atoms with E-state index in [0.29, 0.717) is 26.1 Å². The van der Waals surface area contributed by atoms with E-state index >= 15 is 0 Å². The first kappa shape index (κ1) is 18.7. The van der Waals surface area contributed by atoms with Gasteiger partial charge in [-0.15, -0.1) is 0 Å². The van der Waals surface area contributed by atoms with Crippen molar-refractivity contribution in [3.63, 3.8) is 0 Å². The molecular formula is C18H30O4. The molecule has 0 spiro atoms. The zero-order valence-corrected chi connectivity index (χ0v) is 14.1. The highest BCUT2D eigenvalue weighted by molar-refractivity contribution is 5.72. The van der Waals surface area contributed by atoms with Gasteiger partial charge in [0.2, 0.25) is 0 Å². The van der Waals surface area contributed by atoms with Crippen molar-refractivity contribution in [2.75, 3.05) is 13.2 Å². The first-order chi connectivity index (χ1) is 10.6. The van der Waals surface area contributed by atoms with Gasteiger partial charge in [-0.2, -0.15) is 0 Å². The van der Waals surface area contributed by atoms with Crippen LogP contribution in [0.4, 0.5) is 0 Å². The number of ether oxygens (including phenoxy) is 2. The van der Waals surface area contributed by atoms with Gasteiger partial charge in [0.05, 0.1) is 6.61 Å². The molecule has 22 heavy (non-hydrogen) atoms. The van der Waals surface area contributed by atoms with E-state index in [-0.39, 0.29) is 18.4 Å². The van der Waals surface area contributed by atoms with E-state index in [2.05, 4.69) is 0 Å². The quantitative estimate of drug-likeness (QED) is 0.473. The molecule has 0 unspecified atom stereocenters. The second kappa shape index (κ2) is 11.3. The summed E-state index contributed by atoms with van der Waals surface area (Å²) in [6, 6.07) is 0. The van der Waals surface area contributed by atoms with E-state index in [9.17, 15) is 9.59 Å². The lowest BCUT2D eigenvalue weighted by atomic mass is 9.87. The number of hydrogen-bond donors (Lipinski definition) is 0. The van der Waals surface area contributed by atoms with Crippen molar-refractivity contribution < 1.29 is 19.1 Å². The van der Waals surface area contributed by atoms with Gasteiger partial charge in [-0.25, -0.2) is 0 Å². The fourth-order valence-corrected chi connectivity index (χ4v) is 2.64. The Morgan fingerprint density at radius 3 is 2.27 bits per heavy atom. The fourth-order valence-electron chi connectivity index (χ4n) is 2.64. The van der Waals surface area contributed by atoms with Gasteiger partial charge in [-0.05, 0) is 38.7 Å². The third kappa shape index (κ3) is 9.59. The highest BCUT2D eigenvalue weighted by Crippen LogP contribution is 2.26. The predicted octanol–water partition coefficient (Wildman–Crippen LogP) is 4.18. The van der Waals surface area contributed by atoms with Gasteiger partial charge in [-0.1, -0.05) is 37.7 Å². The molecule has 0 aromatic rings. The molecule has 0 aromatic carbocycles. The van der Waals surface area contributed by atoms with E-state index in [0.717, 1.165) is 17.9 Å². The highest BCUT2D eigenvalue weighted by atomic mass is 16.5. The van der Waals surface area contributed by atoms with Crippen molar-refractivity contribution in [2.45, 2.75) is 71.6 Å². The Balaban J connectivity index is 1.98. The topological polar surface area (TPSA) is 52.6 Å². The van der Waals surface area contributed by atoms with Crippen LogP contribution in [0.2, 0.25) is 0 Å². The maximum Gasteiger partial charge on any atom is 0.306 e. The average molecular weight is 310 g/mol. The van der Waals surface area contributed by atoms with Crippen LogP contribution in [0.1, 0.15) is 71.6 Å². The lowest BCUT2D eigenvalue weighted by Gasteiger charge is -2.21. The van der Waals surface area contributed by atoms with Crippen molar-refractivity contribution in [2.24, 2.45) is 5.92 Å². The summed E-state index contributed by atoms with van der Waals surface area (Å²) in [6.07, 6.45) is 10.4. The molecule has 0 aliphatic heterocycles. The third-order valence-corrected chi connectivity index (χ3v) is 4.01. The Labute approximate surface area is 134 Å². The van der Waals surface area contributed by atoms with Gasteiger partial charge in [0.1, 0.15) is 6.61 Å². The lowest BCUT2D eigenvalue weighted by molar-refractivity contribution is -0.145. The average Bonchev–Trinajstić information content (AvgIpc) is 2.48. The first-order valence-electron chi connectivity index (χ1n) is 8.52. The van der Waals surface area contributed by atoms with Crippen LogP contribution in [-0.4, -0.2) is 25.2 Å². The Kier molecular flexibility index (Phi) is 9.60. The SMILES string of the molecule is CC(C)=CCOC(=O)CCCC(=O)OCCC1CCCCC1. The van der Waals surface area contributed by atoms with Gasteiger partial charge in [0.25, 0.3) is 0 Å². The molecule has 0 atom stereocenters. The van der Waals surface area contributed by atoms with Crippen molar-refractivity contribution >= 4 is 11.9 Å². The molecule has 0 heterocycles. The van der Waals surface area contributed by atoms with E-state index in [1.165, 1.54) is 32.1 Å². The number of rotatable bonds is 9. The van der Waals surface area contributed by atoms with Crippen LogP contribution in [-0.2, 0) is 19.1 Å². The maximum absolute atomic E-state index is 11.6. The minimum absolute atomic E-state index is 0.201. The smallest absolute Gasteiger partial charge is 0.306 e. The zero-order valence-electron chi connectivity index (χ0n) is 14.1. The van der Waals surface area contributed by atoms with Crippen LogP contribution >= 0.6 is 0 Å². The number of carbonyl (C=O) groups excluding carboxylic acids is 2. The molecule has 1 rings (SSSR count). The Morgan fingerprint density at radius 1 is 1.00 bits per heavy atom. The summed E-state index contributed by atoms with van der Waals surface area (Å²) in [6.45, 7) is 4.75. The second-order valence-electron chi connectivity index (χ2n) is 6.33. The van der Waals surface area contributed by atoms with Crippen LogP contribution < -0.4 is 0 Å². The highest BCUT2D eigenvalue weighted by Gasteiger charge is 2.14. The molecule has 126 valence electrons. The molecule has 0 aromatic heterocycles. The molecule has 0 radical (unpaired) electrons.